The molecule has 0 radical (unpaired) electrons. The highest BCUT2D eigenvalue weighted by Crippen LogP contribution is 2.43. The van der Waals surface area contributed by atoms with Gasteiger partial charge in [-0.3, -0.25) is 23.4 Å². The number of aliphatic carboxylic acids is 1. The minimum atomic E-state index is -4.72. The van der Waals surface area contributed by atoms with Crippen molar-refractivity contribution < 1.29 is 47.5 Å². The lowest BCUT2D eigenvalue weighted by Gasteiger charge is -2.20. The van der Waals surface area contributed by atoms with Crippen molar-refractivity contribution in [1.29, 1.82) is 0 Å². The number of ether oxygens (including phenoxy) is 2. The van der Waals surface area contributed by atoms with Crippen molar-refractivity contribution in [3.05, 3.63) is 36.5 Å². The van der Waals surface area contributed by atoms with E-state index in [1.807, 2.05) is 0 Å². The van der Waals surface area contributed by atoms with Gasteiger partial charge in [0.2, 0.25) is 0 Å². The SMILES string of the molecule is CCCCCC=CCC=CCC=CCCCCCCC(=O)O[C@H](COC(=O)CCCCCCCCCCCCCCCCC)COP(=O)(O)OC[C@H](N)C(=O)O. The number of esters is 2. The number of unbranched alkanes of at least 4 members (excludes halogenated alkanes) is 21. The van der Waals surface area contributed by atoms with E-state index in [0.29, 0.717) is 12.8 Å². The van der Waals surface area contributed by atoms with E-state index in [1.165, 1.54) is 89.9 Å². The van der Waals surface area contributed by atoms with Crippen molar-refractivity contribution in [2.24, 2.45) is 5.73 Å². The third-order valence-corrected chi connectivity index (χ3v) is 10.3. The molecular weight excluding hydrogens is 733 g/mol. The molecule has 1 unspecified atom stereocenters. The van der Waals surface area contributed by atoms with Crippen LogP contribution < -0.4 is 5.73 Å². The monoisotopic (exact) mass is 814 g/mol. The standard InChI is InChI=1S/C44H80NO10P/c1-3-5-7-9-11-13-15-17-19-20-22-24-26-28-30-32-34-36-43(47)55-40(38-53-56(50,51)54-39-41(45)44(48)49)37-52-42(46)35-33-31-29-27-25-23-21-18-16-14-12-10-8-6-4-2/h11,13,17,19,22,24,40-41H,3-10,12,14-16,18,20-21,23,25-39,45H2,1-2H3,(H,48,49)(H,50,51)/t40-,41+/m1/s1. The maximum absolute atomic E-state index is 12.6. The number of phosphoric ester groups is 1. The highest BCUT2D eigenvalue weighted by molar-refractivity contribution is 7.47. The summed E-state index contributed by atoms with van der Waals surface area (Å²) in [6, 6.07) is -1.52. The van der Waals surface area contributed by atoms with Crippen LogP contribution in [0.5, 0.6) is 0 Å². The normalized spacial score (nSPS) is 14.1. The highest BCUT2D eigenvalue weighted by atomic mass is 31.2. The number of hydrogen-bond donors (Lipinski definition) is 3. The molecule has 0 aliphatic carbocycles. The molecule has 12 heteroatoms. The second-order valence-electron chi connectivity index (χ2n) is 14.8. The van der Waals surface area contributed by atoms with Gasteiger partial charge >= 0.3 is 25.7 Å². The van der Waals surface area contributed by atoms with E-state index in [1.54, 1.807) is 0 Å². The van der Waals surface area contributed by atoms with E-state index in [0.717, 1.165) is 64.2 Å². The van der Waals surface area contributed by atoms with Gasteiger partial charge in [0.15, 0.2) is 6.10 Å². The van der Waals surface area contributed by atoms with E-state index in [9.17, 15) is 23.8 Å². The van der Waals surface area contributed by atoms with Crippen LogP contribution in [0, 0.1) is 0 Å². The Morgan fingerprint density at radius 2 is 0.946 bits per heavy atom. The Hall–Kier alpha value is -2.30. The maximum Gasteiger partial charge on any atom is 0.472 e. The Kier molecular flexibility index (Phi) is 37.9. The average molecular weight is 814 g/mol. The Morgan fingerprint density at radius 1 is 0.554 bits per heavy atom. The Balaban J connectivity index is 4.39. The number of carbonyl (C=O) groups excluding carboxylic acids is 2. The van der Waals surface area contributed by atoms with E-state index >= 15 is 0 Å². The summed E-state index contributed by atoms with van der Waals surface area (Å²) in [7, 11) is -4.72. The maximum atomic E-state index is 12.6. The third kappa shape index (κ3) is 38.6. The zero-order valence-corrected chi connectivity index (χ0v) is 36.1. The molecule has 0 bridgehead atoms. The molecule has 0 rings (SSSR count). The van der Waals surface area contributed by atoms with Gasteiger partial charge in [0.05, 0.1) is 13.2 Å². The molecule has 11 nitrogen and oxygen atoms in total. The summed E-state index contributed by atoms with van der Waals surface area (Å²) in [6.07, 6.45) is 42.0. The molecule has 0 aliphatic heterocycles. The van der Waals surface area contributed by atoms with Crippen LogP contribution in [0.3, 0.4) is 0 Å². The molecule has 0 saturated carbocycles. The number of carboxylic acid groups (broad SMARTS) is 1. The van der Waals surface area contributed by atoms with Gasteiger partial charge in [-0.2, -0.15) is 0 Å². The third-order valence-electron chi connectivity index (χ3n) is 9.39. The van der Waals surface area contributed by atoms with Gasteiger partial charge in [0.25, 0.3) is 0 Å². The second-order valence-corrected chi connectivity index (χ2v) is 16.3. The minimum Gasteiger partial charge on any atom is -0.480 e. The predicted molar refractivity (Wildman–Crippen MR) is 226 cm³/mol. The van der Waals surface area contributed by atoms with Crippen LogP contribution in [0.2, 0.25) is 0 Å². The number of allylic oxidation sites excluding steroid dienone is 6. The van der Waals surface area contributed by atoms with Crippen LogP contribution in [0.25, 0.3) is 0 Å². The summed E-state index contributed by atoms with van der Waals surface area (Å²) in [5.41, 5.74) is 5.33. The number of carbonyl (C=O) groups is 3. The van der Waals surface area contributed by atoms with Gasteiger partial charge in [0, 0.05) is 12.8 Å². The zero-order chi connectivity index (χ0) is 41.4. The number of hydrogen-bond acceptors (Lipinski definition) is 9. The van der Waals surface area contributed by atoms with Crippen LogP contribution in [0.4, 0.5) is 0 Å². The first-order valence-electron chi connectivity index (χ1n) is 22.0. The summed E-state index contributed by atoms with van der Waals surface area (Å²) in [4.78, 5) is 45.9. The van der Waals surface area contributed by atoms with Gasteiger partial charge in [-0.1, -0.05) is 166 Å². The predicted octanol–water partition coefficient (Wildman–Crippen LogP) is 11.6. The van der Waals surface area contributed by atoms with Crippen molar-refractivity contribution >= 4 is 25.7 Å². The average Bonchev–Trinajstić information content (AvgIpc) is 3.17. The molecule has 56 heavy (non-hydrogen) atoms. The topological polar surface area (TPSA) is 172 Å². The van der Waals surface area contributed by atoms with Crippen LogP contribution in [-0.4, -0.2) is 59.9 Å². The molecule has 4 N–H and O–H groups in total. The van der Waals surface area contributed by atoms with Crippen molar-refractivity contribution in [1.82, 2.24) is 0 Å². The molecule has 0 amide bonds. The summed E-state index contributed by atoms with van der Waals surface area (Å²) in [6.45, 7) is 2.76. The number of carboxylic acids is 1. The zero-order valence-electron chi connectivity index (χ0n) is 35.2. The largest absolute Gasteiger partial charge is 0.480 e. The van der Waals surface area contributed by atoms with E-state index in [4.69, 9.17) is 24.8 Å². The number of rotatable bonds is 41. The van der Waals surface area contributed by atoms with Crippen molar-refractivity contribution in [2.75, 3.05) is 19.8 Å². The van der Waals surface area contributed by atoms with Gasteiger partial charge < -0.3 is 25.2 Å². The first-order chi connectivity index (χ1) is 27.1. The quantitative estimate of drug-likeness (QED) is 0.0232. The van der Waals surface area contributed by atoms with E-state index in [-0.39, 0.29) is 19.4 Å². The lowest BCUT2D eigenvalue weighted by atomic mass is 10.0. The molecular formula is C44H80NO10P. The molecule has 0 aromatic carbocycles. The lowest BCUT2D eigenvalue weighted by Crippen LogP contribution is -2.34. The van der Waals surface area contributed by atoms with Gasteiger partial charge in [-0.05, 0) is 51.4 Å². The Bertz CT molecular complexity index is 1100. The van der Waals surface area contributed by atoms with E-state index < -0.39 is 51.1 Å². The van der Waals surface area contributed by atoms with Crippen LogP contribution in [-0.2, 0) is 37.5 Å². The van der Waals surface area contributed by atoms with Gasteiger partial charge in [-0.15, -0.1) is 0 Å². The van der Waals surface area contributed by atoms with E-state index in [2.05, 4.69) is 54.8 Å². The smallest absolute Gasteiger partial charge is 0.472 e. The molecule has 0 aromatic rings. The van der Waals surface area contributed by atoms with Crippen LogP contribution >= 0.6 is 7.82 Å². The van der Waals surface area contributed by atoms with Crippen molar-refractivity contribution in [3.63, 3.8) is 0 Å². The molecule has 0 saturated heterocycles. The lowest BCUT2D eigenvalue weighted by molar-refractivity contribution is -0.161. The minimum absolute atomic E-state index is 0.137. The fourth-order valence-corrected chi connectivity index (χ4v) is 6.67. The Morgan fingerprint density at radius 3 is 1.45 bits per heavy atom. The summed E-state index contributed by atoms with van der Waals surface area (Å²) >= 11 is 0. The number of nitrogens with two attached hydrogens (primary N) is 1. The highest BCUT2D eigenvalue weighted by Gasteiger charge is 2.28. The fraction of sp³-hybridized carbons (Fsp3) is 0.795. The Labute approximate surface area is 340 Å². The molecule has 326 valence electrons. The molecule has 0 heterocycles. The van der Waals surface area contributed by atoms with Crippen molar-refractivity contribution in [2.45, 2.75) is 206 Å². The van der Waals surface area contributed by atoms with Gasteiger partial charge in [0.1, 0.15) is 12.6 Å². The molecule has 0 spiro atoms. The summed E-state index contributed by atoms with van der Waals surface area (Å²) in [5, 5.41) is 8.89. The molecule has 0 aliphatic rings. The number of phosphoric acid groups is 1. The van der Waals surface area contributed by atoms with Crippen LogP contribution in [0.15, 0.2) is 36.5 Å². The second kappa shape index (κ2) is 39.5. The molecule has 0 fully saturated rings. The molecule has 3 atom stereocenters. The summed E-state index contributed by atoms with van der Waals surface area (Å²) in [5.74, 6) is -2.40. The fourth-order valence-electron chi connectivity index (χ4n) is 5.90. The van der Waals surface area contributed by atoms with Crippen molar-refractivity contribution in [3.8, 4) is 0 Å². The first kappa shape index (κ1) is 53.7. The molecule has 0 aromatic heterocycles. The van der Waals surface area contributed by atoms with Crippen LogP contribution in [0.1, 0.15) is 194 Å². The summed E-state index contributed by atoms with van der Waals surface area (Å²) < 4.78 is 32.7. The van der Waals surface area contributed by atoms with Gasteiger partial charge in [-0.25, -0.2) is 4.57 Å². The first-order valence-corrected chi connectivity index (χ1v) is 23.5.